The number of ether oxygens (including phenoxy) is 2. The summed E-state index contributed by atoms with van der Waals surface area (Å²) < 4.78 is 10.4. The smallest absolute Gasteiger partial charge is 0.339 e. The van der Waals surface area contributed by atoms with Crippen molar-refractivity contribution >= 4 is 11.9 Å². The Morgan fingerprint density at radius 1 is 1.11 bits per heavy atom. The standard InChI is InChI=1S/C11H14O4.C2H4O2/c1-3-14-8-5-6-10(15-4-2)9(7-8)11(12)13;1-2(3)4/h5-7H,3-4H2,1-2H3,(H,12,13);1H3,(H,3,4). The first-order valence-corrected chi connectivity index (χ1v) is 5.74. The number of rotatable bonds is 5. The van der Waals surface area contributed by atoms with E-state index in [-0.39, 0.29) is 5.56 Å². The van der Waals surface area contributed by atoms with Crippen molar-refractivity contribution in [3.8, 4) is 11.5 Å². The molecule has 0 saturated heterocycles. The van der Waals surface area contributed by atoms with Gasteiger partial charge in [0.2, 0.25) is 0 Å². The predicted octanol–water partition coefficient (Wildman–Crippen LogP) is 2.27. The van der Waals surface area contributed by atoms with Crippen LogP contribution >= 0.6 is 0 Å². The molecule has 2 N–H and O–H groups in total. The summed E-state index contributed by atoms with van der Waals surface area (Å²) in [6.45, 7) is 5.68. The Kier molecular flexibility index (Phi) is 7.76. The van der Waals surface area contributed by atoms with E-state index >= 15 is 0 Å². The van der Waals surface area contributed by atoms with Crippen LogP contribution in [0.1, 0.15) is 31.1 Å². The lowest BCUT2D eigenvalue weighted by atomic mass is 10.2. The van der Waals surface area contributed by atoms with Crippen LogP contribution in [-0.4, -0.2) is 35.4 Å². The largest absolute Gasteiger partial charge is 0.494 e. The van der Waals surface area contributed by atoms with Crippen molar-refractivity contribution in [1.82, 2.24) is 0 Å². The summed E-state index contributed by atoms with van der Waals surface area (Å²) >= 11 is 0. The van der Waals surface area contributed by atoms with Crippen LogP contribution in [0.15, 0.2) is 18.2 Å². The predicted molar refractivity (Wildman–Crippen MR) is 69.0 cm³/mol. The van der Waals surface area contributed by atoms with E-state index in [1.165, 1.54) is 6.07 Å². The SMILES string of the molecule is CC(=O)O.CCOc1ccc(OCC)c(C(=O)O)c1. The molecular formula is C13H18O6. The van der Waals surface area contributed by atoms with Crippen LogP contribution in [0.5, 0.6) is 11.5 Å². The molecule has 0 aliphatic carbocycles. The van der Waals surface area contributed by atoms with E-state index in [1.54, 1.807) is 12.1 Å². The third-order valence-electron chi connectivity index (χ3n) is 1.79. The Balaban J connectivity index is 0.000000711. The first kappa shape index (κ1) is 16.8. The molecule has 1 rings (SSSR count). The zero-order chi connectivity index (χ0) is 14.8. The van der Waals surface area contributed by atoms with E-state index in [9.17, 15) is 4.79 Å². The number of carboxylic acid groups (broad SMARTS) is 2. The van der Waals surface area contributed by atoms with Gasteiger partial charge in [0.05, 0.1) is 13.2 Å². The molecule has 6 nitrogen and oxygen atoms in total. The quantitative estimate of drug-likeness (QED) is 0.852. The zero-order valence-electron chi connectivity index (χ0n) is 11.2. The molecule has 0 atom stereocenters. The van der Waals surface area contributed by atoms with E-state index in [0.29, 0.717) is 24.7 Å². The van der Waals surface area contributed by atoms with E-state index in [1.807, 2.05) is 13.8 Å². The average Bonchev–Trinajstić information content (AvgIpc) is 2.30. The van der Waals surface area contributed by atoms with Crippen molar-refractivity contribution in [2.45, 2.75) is 20.8 Å². The lowest BCUT2D eigenvalue weighted by Crippen LogP contribution is -2.03. The van der Waals surface area contributed by atoms with Crippen LogP contribution in [0.2, 0.25) is 0 Å². The van der Waals surface area contributed by atoms with Gasteiger partial charge < -0.3 is 19.7 Å². The number of aromatic carboxylic acids is 1. The van der Waals surface area contributed by atoms with E-state index in [2.05, 4.69) is 0 Å². The lowest BCUT2D eigenvalue weighted by molar-refractivity contribution is -0.134. The topological polar surface area (TPSA) is 93.1 Å². The molecule has 1 aromatic rings. The Labute approximate surface area is 111 Å². The van der Waals surface area contributed by atoms with Crippen LogP contribution in [0, 0.1) is 0 Å². The molecule has 0 spiro atoms. The van der Waals surface area contributed by atoms with Gasteiger partial charge in [-0.3, -0.25) is 4.79 Å². The Morgan fingerprint density at radius 2 is 1.63 bits per heavy atom. The van der Waals surface area contributed by atoms with Gasteiger partial charge >= 0.3 is 5.97 Å². The minimum Gasteiger partial charge on any atom is -0.494 e. The van der Waals surface area contributed by atoms with Crippen molar-refractivity contribution in [3.05, 3.63) is 23.8 Å². The molecule has 0 fully saturated rings. The molecule has 0 heterocycles. The second kappa shape index (κ2) is 8.79. The number of aliphatic carboxylic acids is 1. The maximum absolute atomic E-state index is 10.9. The number of hydrogen-bond acceptors (Lipinski definition) is 4. The second-order valence-electron chi connectivity index (χ2n) is 3.35. The number of carbonyl (C=O) groups is 2. The fourth-order valence-corrected chi connectivity index (χ4v) is 1.21. The molecule has 0 unspecified atom stereocenters. The van der Waals surface area contributed by atoms with E-state index < -0.39 is 11.9 Å². The highest BCUT2D eigenvalue weighted by Gasteiger charge is 2.12. The molecule has 0 amide bonds. The Morgan fingerprint density at radius 3 is 2.05 bits per heavy atom. The second-order valence-corrected chi connectivity index (χ2v) is 3.35. The summed E-state index contributed by atoms with van der Waals surface area (Å²) in [6, 6.07) is 4.77. The molecule has 0 aromatic heterocycles. The first-order valence-electron chi connectivity index (χ1n) is 5.74. The molecule has 0 aliphatic rings. The van der Waals surface area contributed by atoms with Crippen molar-refractivity contribution in [3.63, 3.8) is 0 Å². The van der Waals surface area contributed by atoms with Crippen molar-refractivity contribution in [1.29, 1.82) is 0 Å². The summed E-state index contributed by atoms with van der Waals surface area (Å²) in [5.74, 6) is -0.938. The van der Waals surface area contributed by atoms with Gasteiger partial charge in [0, 0.05) is 6.92 Å². The highest BCUT2D eigenvalue weighted by Crippen LogP contribution is 2.24. The third-order valence-corrected chi connectivity index (χ3v) is 1.79. The third kappa shape index (κ3) is 6.92. The van der Waals surface area contributed by atoms with Crippen molar-refractivity contribution < 1.29 is 29.3 Å². The van der Waals surface area contributed by atoms with Gasteiger partial charge in [0.15, 0.2) is 0 Å². The van der Waals surface area contributed by atoms with Gasteiger partial charge in [-0.1, -0.05) is 0 Å². The molecule has 0 saturated carbocycles. The molecule has 0 aliphatic heterocycles. The van der Waals surface area contributed by atoms with Gasteiger partial charge in [0.1, 0.15) is 17.1 Å². The van der Waals surface area contributed by atoms with Gasteiger partial charge in [0.25, 0.3) is 5.97 Å². The van der Waals surface area contributed by atoms with Crippen LogP contribution in [-0.2, 0) is 4.79 Å². The van der Waals surface area contributed by atoms with Crippen LogP contribution < -0.4 is 9.47 Å². The molecule has 6 heteroatoms. The normalized spacial score (nSPS) is 9.00. The lowest BCUT2D eigenvalue weighted by Gasteiger charge is -2.09. The van der Waals surface area contributed by atoms with Crippen LogP contribution in [0.25, 0.3) is 0 Å². The molecule has 1 aromatic carbocycles. The van der Waals surface area contributed by atoms with Crippen molar-refractivity contribution in [2.75, 3.05) is 13.2 Å². The van der Waals surface area contributed by atoms with Crippen LogP contribution in [0.3, 0.4) is 0 Å². The number of carboxylic acids is 2. The van der Waals surface area contributed by atoms with Gasteiger partial charge in [-0.25, -0.2) is 4.79 Å². The highest BCUT2D eigenvalue weighted by atomic mass is 16.5. The molecule has 0 radical (unpaired) electrons. The molecule has 19 heavy (non-hydrogen) atoms. The van der Waals surface area contributed by atoms with Gasteiger partial charge in [-0.2, -0.15) is 0 Å². The van der Waals surface area contributed by atoms with Crippen molar-refractivity contribution in [2.24, 2.45) is 0 Å². The van der Waals surface area contributed by atoms with E-state index in [4.69, 9.17) is 24.5 Å². The fraction of sp³-hybridized carbons (Fsp3) is 0.385. The minimum absolute atomic E-state index is 0.128. The van der Waals surface area contributed by atoms with Gasteiger partial charge in [-0.15, -0.1) is 0 Å². The molecule has 0 bridgehead atoms. The maximum Gasteiger partial charge on any atom is 0.339 e. The van der Waals surface area contributed by atoms with Gasteiger partial charge in [-0.05, 0) is 32.0 Å². The van der Waals surface area contributed by atoms with Crippen LogP contribution in [0.4, 0.5) is 0 Å². The summed E-state index contributed by atoms with van der Waals surface area (Å²) in [5, 5.41) is 16.4. The maximum atomic E-state index is 10.9. The Hall–Kier alpha value is -2.24. The summed E-state index contributed by atoms with van der Waals surface area (Å²) in [4.78, 5) is 19.9. The number of benzene rings is 1. The zero-order valence-corrected chi connectivity index (χ0v) is 11.2. The summed E-state index contributed by atoms with van der Waals surface area (Å²) in [5.41, 5.74) is 0.128. The first-order chi connectivity index (χ1) is 8.92. The monoisotopic (exact) mass is 270 g/mol. The summed E-state index contributed by atoms with van der Waals surface area (Å²) in [6.07, 6.45) is 0. The fourth-order valence-electron chi connectivity index (χ4n) is 1.21. The Bertz CT molecular complexity index is 423. The molecule has 106 valence electrons. The summed E-state index contributed by atoms with van der Waals surface area (Å²) in [7, 11) is 0. The number of hydrogen-bond donors (Lipinski definition) is 2. The molecular weight excluding hydrogens is 252 g/mol. The minimum atomic E-state index is -1.01. The average molecular weight is 270 g/mol. The highest BCUT2D eigenvalue weighted by molar-refractivity contribution is 5.91. The van der Waals surface area contributed by atoms with E-state index in [0.717, 1.165) is 6.92 Å².